The highest BCUT2D eigenvalue weighted by atomic mass is 19.4. The van der Waals surface area contributed by atoms with Crippen LogP contribution in [0.4, 0.5) is 24.5 Å². The van der Waals surface area contributed by atoms with Gasteiger partial charge in [-0.3, -0.25) is 14.4 Å². The Balaban J connectivity index is 1.27. The molecule has 1 heterocycles. The Hall–Kier alpha value is -4.72. The number of hydrogen-bond acceptors (Lipinski definition) is 3. The van der Waals surface area contributed by atoms with E-state index in [1.807, 2.05) is 55.5 Å². The molecule has 0 unspecified atom stereocenters. The van der Waals surface area contributed by atoms with E-state index in [1.54, 1.807) is 6.07 Å². The molecule has 0 spiro atoms. The van der Waals surface area contributed by atoms with E-state index in [0.717, 1.165) is 33.2 Å². The third-order valence-corrected chi connectivity index (χ3v) is 8.86. The predicted octanol–water partition coefficient (Wildman–Crippen LogP) is 6.74. The molecule has 41 heavy (non-hydrogen) atoms. The van der Waals surface area contributed by atoms with Crippen molar-refractivity contribution in [2.45, 2.75) is 24.9 Å². The Labute approximate surface area is 233 Å². The molecule has 4 aromatic rings. The Kier molecular flexibility index (Phi) is 5.32. The summed E-state index contributed by atoms with van der Waals surface area (Å²) in [4.78, 5) is 42.7. The number of anilines is 2. The number of halogens is 3. The summed E-state index contributed by atoms with van der Waals surface area (Å²) >= 11 is 0. The highest BCUT2D eigenvalue weighted by molar-refractivity contribution is 6.25. The van der Waals surface area contributed by atoms with E-state index in [9.17, 15) is 27.6 Å². The van der Waals surface area contributed by atoms with Crippen molar-refractivity contribution in [3.8, 4) is 0 Å². The molecule has 4 aliphatic rings. The van der Waals surface area contributed by atoms with Crippen molar-refractivity contribution < 1.29 is 27.6 Å². The lowest BCUT2D eigenvalue weighted by Crippen LogP contribution is -2.49. The molecular formula is C33H23F3N2O3. The number of nitrogens with zero attached hydrogens (tertiary/aromatic N) is 1. The molecular weight excluding hydrogens is 529 g/mol. The first-order chi connectivity index (χ1) is 19.6. The molecule has 8 rings (SSSR count). The molecule has 1 saturated heterocycles. The van der Waals surface area contributed by atoms with Gasteiger partial charge in [0, 0.05) is 17.4 Å². The smallest absolute Gasteiger partial charge is 0.321 e. The summed E-state index contributed by atoms with van der Waals surface area (Å²) in [5.74, 6) is -2.75. The fourth-order valence-corrected chi connectivity index (χ4v) is 7.18. The minimum absolute atomic E-state index is 0.0228. The Morgan fingerprint density at radius 3 is 2.02 bits per heavy atom. The van der Waals surface area contributed by atoms with Crippen LogP contribution in [0.5, 0.6) is 0 Å². The number of hydrogen-bond donors (Lipinski definition) is 1. The van der Waals surface area contributed by atoms with Gasteiger partial charge in [-0.1, -0.05) is 66.7 Å². The van der Waals surface area contributed by atoms with Gasteiger partial charge in [0.1, 0.15) is 0 Å². The maximum Gasteiger partial charge on any atom is 0.418 e. The summed E-state index contributed by atoms with van der Waals surface area (Å²) in [6, 6.07) is 26.5. The lowest BCUT2D eigenvalue weighted by atomic mass is 9.48. The number of imide groups is 1. The second-order valence-electron chi connectivity index (χ2n) is 11.0. The van der Waals surface area contributed by atoms with Gasteiger partial charge in [0.05, 0.1) is 28.3 Å². The molecule has 0 aromatic heterocycles. The number of carbonyl (C=O) groups is 3. The Morgan fingerprint density at radius 1 is 0.805 bits per heavy atom. The summed E-state index contributed by atoms with van der Waals surface area (Å²) in [6.45, 7) is 1.85. The first-order valence-electron chi connectivity index (χ1n) is 13.3. The Morgan fingerprint density at radius 2 is 1.39 bits per heavy atom. The number of rotatable bonds is 3. The maximum absolute atomic E-state index is 14.3. The van der Waals surface area contributed by atoms with Gasteiger partial charge in [-0.2, -0.15) is 13.2 Å². The fourth-order valence-electron chi connectivity index (χ4n) is 7.18. The zero-order valence-electron chi connectivity index (χ0n) is 21.8. The quantitative estimate of drug-likeness (QED) is 0.286. The number of alkyl halides is 3. The lowest BCUT2D eigenvalue weighted by Gasteiger charge is -2.51. The first kappa shape index (κ1) is 25.3. The summed E-state index contributed by atoms with van der Waals surface area (Å²) in [7, 11) is 0. The van der Waals surface area contributed by atoms with Gasteiger partial charge in [0.2, 0.25) is 11.8 Å². The lowest BCUT2D eigenvalue weighted by molar-refractivity contribution is -0.137. The highest BCUT2D eigenvalue weighted by Gasteiger charge is 2.68. The van der Waals surface area contributed by atoms with Gasteiger partial charge < -0.3 is 5.32 Å². The van der Waals surface area contributed by atoms with Crippen LogP contribution in [0.1, 0.15) is 56.9 Å². The fraction of sp³-hybridized carbons (Fsp3) is 0.182. The van der Waals surface area contributed by atoms with Gasteiger partial charge in [-0.25, -0.2) is 4.90 Å². The van der Waals surface area contributed by atoms with Crippen LogP contribution in [0.3, 0.4) is 0 Å². The van der Waals surface area contributed by atoms with Gasteiger partial charge in [0.15, 0.2) is 0 Å². The molecule has 4 aromatic carbocycles. The SMILES string of the molecule is C[C@]12C(=O)N(c3cccc(C(=O)Nc4ccccc4C(F)(F)F)c3)C(=O)[C@H]1C1c3ccccc3C2c2ccccc21. The summed E-state index contributed by atoms with van der Waals surface area (Å²) in [5, 5.41) is 2.33. The van der Waals surface area contributed by atoms with Crippen LogP contribution < -0.4 is 10.2 Å². The normalized spacial score (nSPS) is 24.1. The zero-order chi connectivity index (χ0) is 28.7. The van der Waals surface area contributed by atoms with Crippen molar-refractivity contribution in [2.75, 3.05) is 10.2 Å². The molecule has 1 aliphatic heterocycles. The molecule has 204 valence electrons. The zero-order valence-corrected chi connectivity index (χ0v) is 21.8. The average Bonchev–Trinajstić information content (AvgIpc) is 3.17. The van der Waals surface area contributed by atoms with Crippen LogP contribution >= 0.6 is 0 Å². The standard InChI is InChI=1S/C33H23F3N2O3/c1-32-27-22-13-4-2-11-20(22)26(21-12-3-5-14-23(21)27)28(32)30(40)38(31(32)41)19-10-8-9-18(17-19)29(39)37-25-16-7-6-15-24(25)33(34,35)36/h2-17,26-28H,1H3,(H,37,39)/t26?,27?,28-,32-/m1/s1. The topological polar surface area (TPSA) is 66.5 Å². The van der Waals surface area contributed by atoms with Crippen molar-refractivity contribution in [3.63, 3.8) is 0 Å². The monoisotopic (exact) mass is 552 g/mol. The maximum atomic E-state index is 14.3. The molecule has 1 fully saturated rings. The van der Waals surface area contributed by atoms with Crippen molar-refractivity contribution in [3.05, 3.63) is 130 Å². The first-order valence-corrected chi connectivity index (χ1v) is 13.3. The van der Waals surface area contributed by atoms with Gasteiger partial charge in [-0.15, -0.1) is 0 Å². The van der Waals surface area contributed by atoms with Gasteiger partial charge in [-0.05, 0) is 59.5 Å². The van der Waals surface area contributed by atoms with E-state index in [2.05, 4.69) is 5.32 Å². The summed E-state index contributed by atoms with van der Waals surface area (Å²) < 4.78 is 40.4. The molecule has 0 saturated carbocycles. The van der Waals surface area contributed by atoms with E-state index in [-0.39, 0.29) is 40.6 Å². The minimum atomic E-state index is -4.65. The number of benzene rings is 4. The van der Waals surface area contributed by atoms with Crippen molar-refractivity contribution in [1.82, 2.24) is 0 Å². The highest BCUT2D eigenvalue weighted by Crippen LogP contribution is 2.67. The van der Waals surface area contributed by atoms with Crippen molar-refractivity contribution >= 4 is 29.1 Å². The van der Waals surface area contributed by atoms with E-state index >= 15 is 0 Å². The molecule has 1 N–H and O–H groups in total. The largest absolute Gasteiger partial charge is 0.418 e. The van der Waals surface area contributed by atoms with E-state index < -0.39 is 29.0 Å². The van der Waals surface area contributed by atoms with Crippen LogP contribution in [0.25, 0.3) is 0 Å². The van der Waals surface area contributed by atoms with Crippen LogP contribution in [0, 0.1) is 11.3 Å². The van der Waals surface area contributed by atoms with Gasteiger partial charge in [0.25, 0.3) is 5.91 Å². The molecule has 8 heteroatoms. The van der Waals surface area contributed by atoms with Crippen molar-refractivity contribution in [2.24, 2.45) is 11.3 Å². The van der Waals surface area contributed by atoms with Crippen LogP contribution in [-0.2, 0) is 15.8 Å². The van der Waals surface area contributed by atoms with Crippen LogP contribution in [0.15, 0.2) is 97.1 Å². The van der Waals surface area contributed by atoms with Crippen LogP contribution in [-0.4, -0.2) is 17.7 Å². The molecule has 2 atom stereocenters. The van der Waals surface area contributed by atoms with Crippen molar-refractivity contribution in [1.29, 1.82) is 0 Å². The number of nitrogens with one attached hydrogen (secondary N) is 1. The van der Waals surface area contributed by atoms with E-state index in [0.29, 0.717) is 0 Å². The number of amides is 3. The van der Waals surface area contributed by atoms with Crippen LogP contribution in [0.2, 0.25) is 0 Å². The second kappa shape index (κ2) is 8.64. The molecule has 3 amide bonds. The third-order valence-electron chi connectivity index (χ3n) is 8.86. The van der Waals surface area contributed by atoms with Gasteiger partial charge >= 0.3 is 6.18 Å². The molecule has 3 aliphatic carbocycles. The number of para-hydroxylation sites is 1. The molecule has 5 nitrogen and oxygen atoms in total. The van der Waals surface area contributed by atoms with E-state index in [1.165, 1.54) is 36.4 Å². The second-order valence-corrected chi connectivity index (χ2v) is 11.0. The minimum Gasteiger partial charge on any atom is -0.321 e. The Bertz CT molecular complexity index is 1730. The molecule has 0 radical (unpaired) electrons. The third kappa shape index (κ3) is 3.46. The van der Waals surface area contributed by atoms with E-state index in [4.69, 9.17) is 0 Å². The molecule has 2 bridgehead atoms. The summed E-state index contributed by atoms with van der Waals surface area (Å²) in [5.41, 5.74) is 1.99. The number of carbonyl (C=O) groups excluding carboxylic acids is 3. The predicted molar refractivity (Wildman–Crippen MR) is 146 cm³/mol. The summed E-state index contributed by atoms with van der Waals surface area (Å²) in [6.07, 6.45) is -4.65. The average molecular weight is 553 g/mol.